The van der Waals surface area contributed by atoms with Crippen LogP contribution in [-0.4, -0.2) is 12.7 Å². The van der Waals surface area contributed by atoms with E-state index >= 15 is 0 Å². The Morgan fingerprint density at radius 1 is 1.05 bits per heavy atom. The quantitative estimate of drug-likeness (QED) is 0.838. The molecule has 2 rings (SSSR count). The fourth-order valence-corrected chi connectivity index (χ4v) is 2.06. The highest BCUT2D eigenvalue weighted by atomic mass is 19.4. The minimum absolute atomic E-state index is 0.0256. The topological polar surface area (TPSA) is 35.8 Å². The molecule has 0 saturated carbocycles. The predicted molar refractivity (Wildman–Crippen MR) is 72.4 cm³/mol. The van der Waals surface area contributed by atoms with E-state index in [2.05, 4.69) is 11.4 Å². The van der Waals surface area contributed by atoms with Crippen LogP contribution in [0.1, 0.15) is 18.4 Å². The Hall–Kier alpha value is -2.22. The third-order valence-corrected chi connectivity index (χ3v) is 3.00. The number of alkyl halides is 3. The zero-order valence-electron chi connectivity index (χ0n) is 10.7. The van der Waals surface area contributed by atoms with Crippen molar-refractivity contribution in [1.29, 1.82) is 5.26 Å². The summed E-state index contributed by atoms with van der Waals surface area (Å²) in [5, 5.41) is 13.7. The van der Waals surface area contributed by atoms with Crippen LogP contribution < -0.4 is 5.32 Å². The number of hydrogen-bond donors (Lipinski definition) is 1. The molecule has 0 aliphatic carbocycles. The van der Waals surface area contributed by atoms with E-state index in [1.54, 1.807) is 12.1 Å². The highest BCUT2D eigenvalue weighted by Crippen LogP contribution is 2.27. The molecule has 0 saturated heterocycles. The Bertz CT molecular complexity index is 642. The lowest BCUT2D eigenvalue weighted by molar-refractivity contribution is -0.134. The van der Waals surface area contributed by atoms with Gasteiger partial charge in [0.25, 0.3) is 0 Å². The Kier molecular flexibility index (Phi) is 4.14. The van der Waals surface area contributed by atoms with Crippen molar-refractivity contribution < 1.29 is 13.2 Å². The van der Waals surface area contributed by atoms with Gasteiger partial charge in [-0.05, 0) is 18.6 Å². The summed E-state index contributed by atoms with van der Waals surface area (Å²) >= 11 is 0. The second-order valence-corrected chi connectivity index (χ2v) is 4.46. The van der Waals surface area contributed by atoms with Gasteiger partial charge in [0.2, 0.25) is 0 Å². The molecule has 0 fully saturated rings. The van der Waals surface area contributed by atoms with Crippen LogP contribution >= 0.6 is 0 Å². The normalized spacial score (nSPS) is 11.3. The first kappa shape index (κ1) is 14.2. The van der Waals surface area contributed by atoms with Gasteiger partial charge in [-0.15, -0.1) is 0 Å². The lowest BCUT2D eigenvalue weighted by Gasteiger charge is -2.11. The van der Waals surface area contributed by atoms with E-state index in [0.29, 0.717) is 5.56 Å². The van der Waals surface area contributed by atoms with Gasteiger partial charge in [-0.1, -0.05) is 24.3 Å². The molecule has 0 aliphatic heterocycles. The Balaban J connectivity index is 2.14. The average Bonchev–Trinajstić information content (AvgIpc) is 2.42. The molecule has 0 radical (unpaired) electrons. The van der Waals surface area contributed by atoms with Crippen LogP contribution in [0.2, 0.25) is 0 Å². The molecule has 0 spiro atoms. The number of anilines is 1. The smallest absolute Gasteiger partial charge is 0.385 e. The molecule has 2 aromatic rings. The highest BCUT2D eigenvalue weighted by molar-refractivity contribution is 5.97. The van der Waals surface area contributed by atoms with Gasteiger partial charge >= 0.3 is 6.18 Å². The van der Waals surface area contributed by atoms with Crippen molar-refractivity contribution in [2.45, 2.75) is 19.0 Å². The van der Waals surface area contributed by atoms with E-state index in [1.165, 1.54) is 0 Å². The Morgan fingerprint density at radius 3 is 2.40 bits per heavy atom. The zero-order chi connectivity index (χ0) is 14.6. The van der Waals surface area contributed by atoms with E-state index in [1.807, 2.05) is 24.3 Å². The number of hydrogen-bond acceptors (Lipinski definition) is 2. The maximum absolute atomic E-state index is 12.1. The second kappa shape index (κ2) is 5.83. The summed E-state index contributed by atoms with van der Waals surface area (Å²) in [6.45, 7) is 0.245. The van der Waals surface area contributed by atoms with Gasteiger partial charge in [-0.3, -0.25) is 0 Å². The molecule has 2 nitrogen and oxygen atoms in total. The fourth-order valence-electron chi connectivity index (χ4n) is 2.06. The summed E-state index contributed by atoms with van der Waals surface area (Å²) in [5.74, 6) is 0. The second-order valence-electron chi connectivity index (χ2n) is 4.46. The zero-order valence-corrected chi connectivity index (χ0v) is 10.7. The van der Waals surface area contributed by atoms with Crippen LogP contribution in [0.5, 0.6) is 0 Å². The first-order chi connectivity index (χ1) is 9.51. The monoisotopic (exact) mass is 278 g/mol. The molecule has 0 aromatic heterocycles. The van der Waals surface area contributed by atoms with E-state index in [4.69, 9.17) is 5.26 Å². The van der Waals surface area contributed by atoms with Crippen molar-refractivity contribution in [3.05, 3.63) is 42.0 Å². The van der Waals surface area contributed by atoms with Crippen molar-refractivity contribution in [2.24, 2.45) is 0 Å². The third kappa shape index (κ3) is 3.41. The first-order valence-electron chi connectivity index (χ1n) is 6.24. The van der Waals surface area contributed by atoms with Crippen LogP contribution in [0.4, 0.5) is 18.9 Å². The van der Waals surface area contributed by atoms with Gasteiger partial charge in [0.1, 0.15) is 0 Å². The molecule has 0 amide bonds. The van der Waals surface area contributed by atoms with Gasteiger partial charge < -0.3 is 5.32 Å². The summed E-state index contributed by atoms with van der Waals surface area (Å²) in [7, 11) is 0. The SMILES string of the molecule is N#Cc1ccc(NCCCC(F)(F)F)c2ccccc12. The van der Waals surface area contributed by atoms with Gasteiger partial charge in [0.15, 0.2) is 0 Å². The van der Waals surface area contributed by atoms with Crippen molar-refractivity contribution >= 4 is 16.5 Å². The molecule has 0 heterocycles. The number of fused-ring (bicyclic) bond motifs is 1. The third-order valence-electron chi connectivity index (χ3n) is 3.00. The Morgan fingerprint density at radius 2 is 1.75 bits per heavy atom. The largest absolute Gasteiger partial charge is 0.389 e. The van der Waals surface area contributed by atoms with E-state index in [9.17, 15) is 13.2 Å². The highest BCUT2D eigenvalue weighted by Gasteiger charge is 2.25. The van der Waals surface area contributed by atoms with Crippen LogP contribution in [0.15, 0.2) is 36.4 Å². The summed E-state index contributed by atoms with van der Waals surface area (Å²) in [6, 6.07) is 12.9. The van der Waals surface area contributed by atoms with Gasteiger partial charge in [0.05, 0.1) is 11.6 Å². The summed E-state index contributed by atoms with van der Waals surface area (Å²) in [5.41, 5.74) is 1.31. The number of benzene rings is 2. The van der Waals surface area contributed by atoms with Crippen LogP contribution in [-0.2, 0) is 0 Å². The molecule has 5 heteroatoms. The maximum Gasteiger partial charge on any atom is 0.389 e. The van der Waals surface area contributed by atoms with E-state index in [-0.39, 0.29) is 13.0 Å². The molecular weight excluding hydrogens is 265 g/mol. The lowest BCUT2D eigenvalue weighted by Crippen LogP contribution is -2.11. The number of nitrogens with zero attached hydrogens (tertiary/aromatic N) is 1. The predicted octanol–water partition coefficient (Wildman–Crippen LogP) is 4.47. The van der Waals surface area contributed by atoms with Gasteiger partial charge in [-0.2, -0.15) is 18.4 Å². The molecule has 2 aromatic carbocycles. The van der Waals surface area contributed by atoms with Crippen LogP contribution in [0.25, 0.3) is 10.8 Å². The number of nitriles is 1. The summed E-state index contributed by atoms with van der Waals surface area (Å²) in [6.07, 6.45) is -4.89. The number of nitrogens with one attached hydrogen (secondary N) is 1. The summed E-state index contributed by atoms with van der Waals surface area (Å²) in [4.78, 5) is 0. The molecule has 0 atom stereocenters. The maximum atomic E-state index is 12.1. The van der Waals surface area contributed by atoms with Gasteiger partial charge in [0, 0.05) is 29.4 Å². The molecular formula is C15H13F3N2. The molecule has 1 N–H and O–H groups in total. The standard InChI is InChI=1S/C15H13F3N2/c16-15(17,18)8-3-9-20-14-7-6-11(10-19)12-4-1-2-5-13(12)14/h1-2,4-7,20H,3,8-9H2. The van der Waals surface area contributed by atoms with Gasteiger partial charge in [-0.25, -0.2) is 0 Å². The summed E-state index contributed by atoms with van der Waals surface area (Å²) < 4.78 is 36.2. The molecule has 104 valence electrons. The van der Waals surface area contributed by atoms with Crippen LogP contribution in [0.3, 0.4) is 0 Å². The lowest BCUT2D eigenvalue weighted by atomic mass is 10.0. The number of rotatable bonds is 4. The Labute approximate surface area is 114 Å². The van der Waals surface area contributed by atoms with Crippen molar-refractivity contribution in [2.75, 3.05) is 11.9 Å². The van der Waals surface area contributed by atoms with E-state index < -0.39 is 12.6 Å². The van der Waals surface area contributed by atoms with E-state index in [0.717, 1.165) is 16.5 Å². The minimum Gasteiger partial charge on any atom is -0.385 e. The molecule has 0 bridgehead atoms. The van der Waals surface area contributed by atoms with Crippen molar-refractivity contribution in [1.82, 2.24) is 0 Å². The number of halogens is 3. The van der Waals surface area contributed by atoms with Crippen LogP contribution in [0, 0.1) is 11.3 Å². The minimum atomic E-state index is -4.12. The fraction of sp³-hybridized carbons (Fsp3) is 0.267. The first-order valence-corrected chi connectivity index (χ1v) is 6.24. The van der Waals surface area contributed by atoms with Crippen molar-refractivity contribution in [3.8, 4) is 6.07 Å². The molecule has 0 unspecified atom stereocenters. The van der Waals surface area contributed by atoms with Crippen molar-refractivity contribution in [3.63, 3.8) is 0 Å². The molecule has 0 aliphatic rings. The molecule has 20 heavy (non-hydrogen) atoms. The average molecular weight is 278 g/mol.